The number of pyridine rings is 1. The molecule has 7 nitrogen and oxygen atoms in total. The molecule has 0 atom stereocenters. The molecule has 2 aromatic carbocycles. The average Bonchev–Trinajstić information content (AvgIpc) is 2.70. The molecule has 3 aromatic rings. The van der Waals surface area contributed by atoms with E-state index in [1.54, 1.807) is 54.7 Å². The third-order valence-electron chi connectivity index (χ3n) is 3.85. The normalized spacial score (nSPS) is 10.1. The predicted octanol–water partition coefficient (Wildman–Crippen LogP) is 4.04. The van der Waals surface area contributed by atoms with Crippen molar-refractivity contribution in [2.75, 3.05) is 23.1 Å². The van der Waals surface area contributed by atoms with E-state index in [1.165, 1.54) is 14.0 Å². The topological polar surface area (TPSA) is 92.4 Å². The molecule has 0 aliphatic rings. The fraction of sp³-hybridized carbons (Fsp3) is 0.0952. The van der Waals surface area contributed by atoms with Crippen molar-refractivity contribution in [3.8, 4) is 5.75 Å². The number of aromatic nitrogens is 1. The molecular weight excluding hydrogens is 356 g/mol. The Hall–Kier alpha value is -3.87. The summed E-state index contributed by atoms with van der Waals surface area (Å²) in [7, 11) is 1.52. The molecule has 7 heteroatoms. The highest BCUT2D eigenvalue weighted by molar-refractivity contribution is 6.06. The number of anilines is 4. The van der Waals surface area contributed by atoms with E-state index in [2.05, 4.69) is 20.9 Å². The molecule has 28 heavy (non-hydrogen) atoms. The largest absolute Gasteiger partial charge is 0.496 e. The van der Waals surface area contributed by atoms with Gasteiger partial charge in [0, 0.05) is 18.3 Å². The van der Waals surface area contributed by atoms with Crippen LogP contribution in [0.25, 0.3) is 0 Å². The van der Waals surface area contributed by atoms with E-state index in [4.69, 9.17) is 4.74 Å². The summed E-state index contributed by atoms with van der Waals surface area (Å²) in [5, 5.41) is 8.67. The summed E-state index contributed by atoms with van der Waals surface area (Å²) in [6, 6.07) is 17.8. The lowest BCUT2D eigenvalue weighted by Gasteiger charge is -2.10. The molecule has 0 unspecified atom stereocenters. The van der Waals surface area contributed by atoms with Crippen LogP contribution in [-0.2, 0) is 4.79 Å². The third kappa shape index (κ3) is 4.85. The van der Waals surface area contributed by atoms with Crippen molar-refractivity contribution < 1.29 is 14.3 Å². The second-order valence-electron chi connectivity index (χ2n) is 5.97. The number of hydrogen-bond acceptors (Lipinski definition) is 5. The average molecular weight is 376 g/mol. The number of amides is 2. The maximum absolute atomic E-state index is 12.4. The highest BCUT2D eigenvalue weighted by Gasteiger charge is 2.11. The number of methoxy groups -OCH3 is 1. The Balaban J connectivity index is 1.63. The van der Waals surface area contributed by atoms with Crippen molar-refractivity contribution in [3.63, 3.8) is 0 Å². The predicted molar refractivity (Wildman–Crippen MR) is 109 cm³/mol. The number of carbonyl (C=O) groups is 2. The van der Waals surface area contributed by atoms with Gasteiger partial charge in [0.05, 0.1) is 24.6 Å². The molecular formula is C21H20N4O3. The number of rotatable bonds is 6. The number of nitrogens with zero attached hydrogens (tertiary/aromatic N) is 1. The van der Waals surface area contributed by atoms with Crippen molar-refractivity contribution in [1.82, 2.24) is 4.98 Å². The second kappa shape index (κ2) is 8.68. The molecule has 1 aromatic heterocycles. The Morgan fingerprint density at radius 3 is 2.18 bits per heavy atom. The molecule has 0 radical (unpaired) electrons. The molecule has 0 bridgehead atoms. The van der Waals surface area contributed by atoms with Gasteiger partial charge in [-0.3, -0.25) is 9.59 Å². The van der Waals surface area contributed by atoms with Crippen molar-refractivity contribution in [2.24, 2.45) is 0 Å². The molecule has 0 aliphatic heterocycles. The quantitative estimate of drug-likeness (QED) is 0.604. The van der Waals surface area contributed by atoms with Crippen LogP contribution in [0.2, 0.25) is 0 Å². The van der Waals surface area contributed by atoms with Gasteiger partial charge in [0.1, 0.15) is 11.6 Å². The second-order valence-corrected chi connectivity index (χ2v) is 5.97. The zero-order chi connectivity index (χ0) is 19.9. The van der Waals surface area contributed by atoms with E-state index in [0.29, 0.717) is 22.8 Å². The summed E-state index contributed by atoms with van der Waals surface area (Å²) in [6.07, 6.45) is 1.57. The molecule has 3 rings (SSSR count). The Labute approximate surface area is 162 Å². The minimum Gasteiger partial charge on any atom is -0.496 e. The lowest BCUT2D eigenvalue weighted by Crippen LogP contribution is -2.13. The number of carbonyl (C=O) groups excluding carboxylic acids is 2. The molecule has 0 saturated carbocycles. The van der Waals surface area contributed by atoms with Crippen molar-refractivity contribution in [2.45, 2.75) is 6.92 Å². The van der Waals surface area contributed by atoms with Crippen molar-refractivity contribution in [1.29, 1.82) is 0 Å². The fourth-order valence-corrected chi connectivity index (χ4v) is 2.56. The molecule has 1 heterocycles. The van der Waals surface area contributed by atoms with Gasteiger partial charge in [-0.15, -0.1) is 0 Å². The SMILES string of the molecule is COc1ccccc1C(=O)Nc1ccc(Nc2ccc(NC(C)=O)cc2)nc1. The molecule has 0 aliphatic carbocycles. The molecule has 142 valence electrons. The Morgan fingerprint density at radius 1 is 0.857 bits per heavy atom. The molecule has 0 fully saturated rings. The number of nitrogens with one attached hydrogen (secondary N) is 3. The van der Waals surface area contributed by atoms with Gasteiger partial charge in [-0.2, -0.15) is 0 Å². The maximum atomic E-state index is 12.4. The Bertz CT molecular complexity index is 970. The first-order chi connectivity index (χ1) is 13.5. The minimum atomic E-state index is -0.270. The van der Waals surface area contributed by atoms with Crippen LogP contribution in [0, 0.1) is 0 Å². The lowest BCUT2D eigenvalue weighted by atomic mass is 10.2. The van der Waals surface area contributed by atoms with Crippen LogP contribution in [0.4, 0.5) is 22.9 Å². The minimum absolute atomic E-state index is 0.117. The van der Waals surface area contributed by atoms with E-state index in [0.717, 1.165) is 11.4 Å². The van der Waals surface area contributed by atoms with Gasteiger partial charge in [0.15, 0.2) is 0 Å². The van der Waals surface area contributed by atoms with Crippen molar-refractivity contribution >= 4 is 34.7 Å². The van der Waals surface area contributed by atoms with Gasteiger partial charge in [-0.05, 0) is 48.5 Å². The van der Waals surface area contributed by atoms with Crippen LogP contribution in [0.3, 0.4) is 0 Å². The Morgan fingerprint density at radius 2 is 1.54 bits per heavy atom. The zero-order valence-electron chi connectivity index (χ0n) is 15.5. The number of hydrogen-bond donors (Lipinski definition) is 3. The number of para-hydroxylation sites is 1. The first kappa shape index (κ1) is 18.9. The van der Waals surface area contributed by atoms with Gasteiger partial charge in [0.25, 0.3) is 5.91 Å². The molecule has 0 spiro atoms. The highest BCUT2D eigenvalue weighted by Crippen LogP contribution is 2.21. The van der Waals surface area contributed by atoms with Gasteiger partial charge in [-0.1, -0.05) is 12.1 Å². The van der Waals surface area contributed by atoms with Crippen LogP contribution in [0.15, 0.2) is 66.9 Å². The highest BCUT2D eigenvalue weighted by atomic mass is 16.5. The van der Waals surface area contributed by atoms with E-state index < -0.39 is 0 Å². The molecule has 2 amide bonds. The molecule has 0 saturated heterocycles. The van der Waals surface area contributed by atoms with E-state index in [9.17, 15) is 9.59 Å². The van der Waals surface area contributed by atoms with E-state index >= 15 is 0 Å². The molecule has 3 N–H and O–H groups in total. The van der Waals surface area contributed by atoms with E-state index in [1.807, 2.05) is 12.1 Å². The number of benzene rings is 2. The first-order valence-corrected chi connectivity index (χ1v) is 8.60. The monoisotopic (exact) mass is 376 g/mol. The Kier molecular flexibility index (Phi) is 5.86. The van der Waals surface area contributed by atoms with Gasteiger partial charge in [0.2, 0.25) is 5.91 Å². The summed E-state index contributed by atoms with van der Waals surface area (Å²) in [4.78, 5) is 27.8. The zero-order valence-corrected chi connectivity index (χ0v) is 15.5. The van der Waals surface area contributed by atoms with Crippen LogP contribution < -0.4 is 20.7 Å². The van der Waals surface area contributed by atoms with Crippen molar-refractivity contribution in [3.05, 3.63) is 72.4 Å². The summed E-state index contributed by atoms with van der Waals surface area (Å²) in [5.41, 5.74) is 2.57. The summed E-state index contributed by atoms with van der Waals surface area (Å²) in [5.74, 6) is 0.748. The van der Waals surface area contributed by atoms with E-state index in [-0.39, 0.29) is 11.8 Å². The lowest BCUT2D eigenvalue weighted by molar-refractivity contribution is -0.114. The van der Waals surface area contributed by atoms with Crippen LogP contribution in [-0.4, -0.2) is 23.9 Å². The standard InChI is InChI=1S/C21H20N4O3/c1-14(26)23-15-7-9-16(10-8-15)24-20-12-11-17(13-22-20)25-21(27)18-5-3-4-6-19(18)28-2/h3-13H,1-2H3,(H,22,24)(H,23,26)(H,25,27). The fourth-order valence-electron chi connectivity index (χ4n) is 2.56. The van der Waals surface area contributed by atoms with Crippen LogP contribution in [0.5, 0.6) is 5.75 Å². The van der Waals surface area contributed by atoms with Gasteiger partial charge >= 0.3 is 0 Å². The summed E-state index contributed by atoms with van der Waals surface area (Å²) < 4.78 is 5.21. The third-order valence-corrected chi connectivity index (χ3v) is 3.85. The maximum Gasteiger partial charge on any atom is 0.259 e. The summed E-state index contributed by atoms with van der Waals surface area (Å²) in [6.45, 7) is 1.46. The smallest absolute Gasteiger partial charge is 0.259 e. The van der Waals surface area contributed by atoms with Crippen LogP contribution >= 0.6 is 0 Å². The summed E-state index contributed by atoms with van der Waals surface area (Å²) >= 11 is 0. The first-order valence-electron chi connectivity index (χ1n) is 8.60. The van der Waals surface area contributed by atoms with Crippen LogP contribution in [0.1, 0.15) is 17.3 Å². The number of ether oxygens (including phenoxy) is 1. The van der Waals surface area contributed by atoms with Gasteiger partial charge in [-0.25, -0.2) is 4.98 Å². The van der Waals surface area contributed by atoms with Gasteiger partial charge < -0.3 is 20.7 Å².